The molecule has 29 heavy (non-hydrogen) atoms. The largest absolute Gasteiger partial charge is 0.382 e. The summed E-state index contributed by atoms with van der Waals surface area (Å²) < 4.78 is 0.966. The number of nitrogens with zero attached hydrogens (tertiary/aromatic N) is 4. The Morgan fingerprint density at radius 1 is 1.21 bits per heavy atom. The first kappa shape index (κ1) is 20.8. The standard InChI is InChI=1S/C19H25ClN8O/c1-28(11-12-5-3-2-4-6-12)9-7-13(8-10-28)24-19(23)27-18(29)14-16(21)26-17(22)15(20)25-14/h2-6,13H,7-11H2,1H3,(H6-,21,22,23,24,26,27,29)/p+1. The molecule has 0 unspecified atom stereocenters. The maximum atomic E-state index is 12.3. The molecule has 7 N–H and O–H groups in total. The Bertz CT molecular complexity index is 910. The van der Waals surface area contributed by atoms with Gasteiger partial charge in [0.2, 0.25) is 0 Å². The lowest BCUT2D eigenvalue weighted by Gasteiger charge is -2.41. The van der Waals surface area contributed by atoms with Crippen molar-refractivity contribution in [2.45, 2.75) is 25.4 Å². The lowest BCUT2D eigenvalue weighted by Crippen LogP contribution is -2.54. The van der Waals surface area contributed by atoms with Crippen LogP contribution in [-0.4, -0.2) is 52.5 Å². The van der Waals surface area contributed by atoms with E-state index in [2.05, 4.69) is 51.6 Å². The van der Waals surface area contributed by atoms with Crippen LogP contribution in [0.5, 0.6) is 0 Å². The molecule has 0 aliphatic carbocycles. The Hall–Kier alpha value is -2.91. The van der Waals surface area contributed by atoms with Crippen molar-refractivity contribution in [1.82, 2.24) is 15.3 Å². The van der Waals surface area contributed by atoms with Gasteiger partial charge in [-0.25, -0.2) is 9.97 Å². The molecule has 9 nitrogen and oxygen atoms in total. The molecule has 2 aromatic rings. The molecule has 2 heterocycles. The normalized spacial score (nSPS) is 22.3. The third-order valence-electron chi connectivity index (χ3n) is 5.12. The minimum Gasteiger partial charge on any atom is -0.382 e. The van der Waals surface area contributed by atoms with Gasteiger partial charge in [0.05, 0.1) is 20.1 Å². The molecule has 1 aliphatic rings. The average Bonchev–Trinajstić information content (AvgIpc) is 2.67. The van der Waals surface area contributed by atoms with E-state index in [1.54, 1.807) is 0 Å². The van der Waals surface area contributed by atoms with Gasteiger partial charge >= 0.3 is 5.91 Å². The number of hydrogen-bond donors (Lipinski definition) is 4. The third-order valence-corrected chi connectivity index (χ3v) is 5.40. The minimum atomic E-state index is -0.720. The van der Waals surface area contributed by atoms with E-state index < -0.39 is 5.91 Å². The third kappa shape index (κ3) is 5.33. The predicted molar refractivity (Wildman–Crippen MR) is 114 cm³/mol. The Morgan fingerprint density at radius 2 is 1.86 bits per heavy atom. The van der Waals surface area contributed by atoms with Gasteiger partial charge in [-0.2, -0.15) is 4.99 Å². The number of guanidine groups is 1. The van der Waals surface area contributed by atoms with Gasteiger partial charge in [-0.3, -0.25) is 4.79 Å². The van der Waals surface area contributed by atoms with E-state index in [4.69, 9.17) is 28.8 Å². The number of halogens is 1. The Labute approximate surface area is 174 Å². The number of quaternary nitrogens is 1. The maximum absolute atomic E-state index is 12.3. The molecule has 3 rings (SSSR count). The van der Waals surface area contributed by atoms with E-state index >= 15 is 0 Å². The van der Waals surface area contributed by atoms with E-state index in [9.17, 15) is 4.79 Å². The number of amides is 1. The van der Waals surface area contributed by atoms with Crippen LogP contribution >= 0.6 is 11.6 Å². The van der Waals surface area contributed by atoms with Crippen molar-refractivity contribution < 1.29 is 9.28 Å². The number of hydrogen-bond acceptors (Lipinski definition) is 5. The van der Waals surface area contributed by atoms with Crippen LogP contribution in [0.25, 0.3) is 0 Å². The number of carbonyl (C=O) groups is 1. The minimum absolute atomic E-state index is 0.0216. The number of aliphatic imine (C=N–C) groups is 1. The Kier molecular flexibility index (Phi) is 6.19. The van der Waals surface area contributed by atoms with Crippen LogP contribution in [0.3, 0.4) is 0 Å². The van der Waals surface area contributed by atoms with Crippen LogP contribution in [0, 0.1) is 0 Å². The number of piperidine rings is 1. The highest BCUT2D eigenvalue weighted by Crippen LogP contribution is 2.21. The molecule has 0 spiro atoms. The molecular weight excluding hydrogens is 392 g/mol. The van der Waals surface area contributed by atoms with Crippen molar-refractivity contribution >= 4 is 35.1 Å². The number of benzene rings is 1. The fourth-order valence-electron chi connectivity index (χ4n) is 3.52. The van der Waals surface area contributed by atoms with Gasteiger partial charge in [0, 0.05) is 24.4 Å². The molecule has 1 amide bonds. The second kappa shape index (κ2) is 8.62. The molecule has 1 aromatic heterocycles. The van der Waals surface area contributed by atoms with Crippen LogP contribution in [-0.2, 0) is 6.54 Å². The fraction of sp³-hybridized carbons (Fsp3) is 0.368. The van der Waals surface area contributed by atoms with Crippen molar-refractivity contribution in [3.63, 3.8) is 0 Å². The highest BCUT2D eigenvalue weighted by Gasteiger charge is 2.30. The first-order chi connectivity index (χ1) is 13.8. The van der Waals surface area contributed by atoms with Gasteiger partial charge in [-0.05, 0) is 0 Å². The highest BCUT2D eigenvalue weighted by atomic mass is 35.5. The summed E-state index contributed by atoms with van der Waals surface area (Å²) in [5.41, 5.74) is 18.3. The van der Waals surface area contributed by atoms with Crippen LogP contribution in [0.4, 0.5) is 11.6 Å². The molecule has 0 atom stereocenters. The summed E-state index contributed by atoms with van der Waals surface area (Å²) in [6.07, 6.45) is 1.84. The number of nitrogen functional groups attached to an aromatic ring is 2. The van der Waals surface area contributed by atoms with Crippen molar-refractivity contribution in [2.24, 2.45) is 10.7 Å². The molecule has 1 aliphatic heterocycles. The van der Waals surface area contributed by atoms with E-state index in [1.807, 2.05) is 6.07 Å². The number of anilines is 2. The fourth-order valence-corrected chi connectivity index (χ4v) is 3.65. The molecule has 0 saturated carbocycles. The summed E-state index contributed by atoms with van der Waals surface area (Å²) in [6, 6.07) is 10.6. The van der Waals surface area contributed by atoms with Crippen molar-refractivity contribution in [1.29, 1.82) is 0 Å². The smallest absolute Gasteiger partial charge is 0.302 e. The average molecular weight is 418 g/mol. The molecule has 1 aromatic carbocycles. The van der Waals surface area contributed by atoms with E-state index in [0.717, 1.165) is 37.0 Å². The lowest BCUT2D eigenvalue weighted by molar-refractivity contribution is -0.927. The SMILES string of the molecule is C[N+]1(Cc2ccccc2)CCC(N/C(N)=N/C(=O)c2nc(Cl)c(N)nc2N)CC1. The number of likely N-dealkylation sites (tertiary alicyclic amines) is 1. The van der Waals surface area contributed by atoms with Crippen LogP contribution in [0.15, 0.2) is 35.3 Å². The van der Waals surface area contributed by atoms with Crippen LogP contribution in [0.2, 0.25) is 5.15 Å². The topological polar surface area (TPSA) is 145 Å². The molecular formula is C19H26ClN8O+. The zero-order valence-electron chi connectivity index (χ0n) is 16.3. The van der Waals surface area contributed by atoms with Crippen molar-refractivity contribution in [3.8, 4) is 0 Å². The van der Waals surface area contributed by atoms with Crippen LogP contribution in [0.1, 0.15) is 28.9 Å². The quantitative estimate of drug-likeness (QED) is 0.331. The van der Waals surface area contributed by atoms with Gasteiger partial charge in [0.25, 0.3) is 0 Å². The number of nitrogens with one attached hydrogen (secondary N) is 1. The summed E-state index contributed by atoms with van der Waals surface area (Å²) in [6.45, 7) is 2.99. The highest BCUT2D eigenvalue weighted by molar-refractivity contribution is 6.31. The van der Waals surface area contributed by atoms with Gasteiger partial charge < -0.3 is 27.0 Å². The summed E-state index contributed by atoms with van der Waals surface area (Å²) in [7, 11) is 2.26. The maximum Gasteiger partial charge on any atom is 0.302 e. The predicted octanol–water partition coefficient (Wildman–Crippen LogP) is 1.15. The van der Waals surface area contributed by atoms with E-state index in [1.165, 1.54) is 5.56 Å². The Morgan fingerprint density at radius 3 is 2.52 bits per heavy atom. The van der Waals surface area contributed by atoms with Gasteiger partial charge in [-0.15, -0.1) is 0 Å². The molecule has 10 heteroatoms. The monoisotopic (exact) mass is 417 g/mol. The molecule has 0 radical (unpaired) electrons. The van der Waals surface area contributed by atoms with E-state index in [-0.39, 0.29) is 34.5 Å². The van der Waals surface area contributed by atoms with Crippen LogP contribution < -0.4 is 22.5 Å². The lowest BCUT2D eigenvalue weighted by atomic mass is 10.0. The first-order valence-electron chi connectivity index (χ1n) is 9.37. The number of carbonyl (C=O) groups excluding carboxylic acids is 1. The number of nitrogens with two attached hydrogens (primary N) is 3. The molecule has 154 valence electrons. The zero-order chi connectivity index (χ0) is 21.0. The van der Waals surface area contributed by atoms with Crippen molar-refractivity contribution in [2.75, 3.05) is 31.6 Å². The van der Waals surface area contributed by atoms with Gasteiger partial charge in [-0.1, -0.05) is 41.9 Å². The second-order valence-corrected chi connectivity index (χ2v) is 7.92. The molecule has 1 fully saturated rings. The summed E-state index contributed by atoms with van der Waals surface area (Å²) >= 11 is 5.80. The Balaban J connectivity index is 1.57. The van der Waals surface area contributed by atoms with Gasteiger partial charge in [0.1, 0.15) is 6.54 Å². The number of rotatable bonds is 4. The van der Waals surface area contributed by atoms with Gasteiger partial charge in [0.15, 0.2) is 28.4 Å². The summed E-state index contributed by atoms with van der Waals surface area (Å²) in [4.78, 5) is 23.7. The second-order valence-electron chi connectivity index (χ2n) is 7.56. The first-order valence-corrected chi connectivity index (χ1v) is 9.74. The zero-order valence-corrected chi connectivity index (χ0v) is 17.1. The summed E-state index contributed by atoms with van der Waals surface area (Å²) in [5, 5.41) is 3.01. The molecule has 1 saturated heterocycles. The molecule has 0 bridgehead atoms. The number of aromatic nitrogens is 2. The van der Waals surface area contributed by atoms with E-state index in [0.29, 0.717) is 0 Å². The summed E-state index contributed by atoms with van der Waals surface area (Å²) in [5.74, 6) is -0.884. The van der Waals surface area contributed by atoms with Crippen molar-refractivity contribution in [3.05, 3.63) is 46.7 Å².